The minimum absolute atomic E-state index is 0.0129. The normalized spacial score (nSPS) is 13.6. The molecule has 3 rings (SSSR count). The van der Waals surface area contributed by atoms with Gasteiger partial charge in [-0.3, -0.25) is 15.0 Å². The number of carbonyl (C=O) groups is 2. The van der Waals surface area contributed by atoms with Gasteiger partial charge in [-0.25, -0.2) is 0 Å². The van der Waals surface area contributed by atoms with E-state index in [1.807, 2.05) is 31.2 Å². The number of benzene rings is 2. The van der Waals surface area contributed by atoms with E-state index < -0.39 is 0 Å². The zero-order chi connectivity index (χ0) is 21.8. The number of carbonyl (C=O) groups excluding carboxylic acids is 2. The summed E-state index contributed by atoms with van der Waals surface area (Å²) in [5, 5.41) is 7.58. The second kappa shape index (κ2) is 8.82. The molecule has 0 aliphatic carbocycles. The zero-order valence-corrected chi connectivity index (χ0v) is 17.3. The molecule has 3 N–H and O–H groups in total. The van der Waals surface area contributed by atoms with E-state index in [9.17, 15) is 9.59 Å². The Morgan fingerprint density at radius 3 is 2.43 bits per heavy atom. The van der Waals surface area contributed by atoms with Crippen LogP contribution in [0.2, 0.25) is 0 Å². The number of nitrogens with one attached hydrogen (secondary N) is 1. The molecular formula is C23H25N3O4. The summed E-state index contributed by atoms with van der Waals surface area (Å²) in [6, 6.07) is 12.9. The van der Waals surface area contributed by atoms with Crippen molar-refractivity contribution in [3.63, 3.8) is 0 Å². The Bertz CT molecular complexity index is 1030. The van der Waals surface area contributed by atoms with Crippen molar-refractivity contribution < 1.29 is 19.1 Å². The van der Waals surface area contributed by atoms with Gasteiger partial charge in [-0.05, 0) is 48.2 Å². The van der Waals surface area contributed by atoms with E-state index in [2.05, 4.69) is 4.74 Å². The number of amides is 1. The third kappa shape index (κ3) is 4.20. The first-order chi connectivity index (χ1) is 14.3. The number of hydrogen-bond donors (Lipinski definition) is 2. The van der Waals surface area contributed by atoms with Gasteiger partial charge in [0.25, 0.3) is 5.91 Å². The maximum absolute atomic E-state index is 13.2. The Kier molecular flexibility index (Phi) is 6.20. The van der Waals surface area contributed by atoms with Crippen LogP contribution in [-0.4, -0.2) is 38.5 Å². The highest BCUT2D eigenvalue weighted by atomic mass is 16.5. The molecule has 0 saturated heterocycles. The van der Waals surface area contributed by atoms with Crippen molar-refractivity contribution in [1.29, 1.82) is 5.41 Å². The molecule has 0 fully saturated rings. The van der Waals surface area contributed by atoms with E-state index in [-0.39, 0.29) is 17.7 Å². The third-order valence-electron chi connectivity index (χ3n) is 5.17. The van der Waals surface area contributed by atoms with Crippen LogP contribution in [0.25, 0.3) is 5.57 Å². The van der Waals surface area contributed by atoms with Gasteiger partial charge in [0.05, 0.1) is 26.3 Å². The molecule has 1 amide bonds. The molecule has 0 spiro atoms. The van der Waals surface area contributed by atoms with Crippen molar-refractivity contribution in [2.75, 3.05) is 25.7 Å². The van der Waals surface area contributed by atoms with Crippen LogP contribution >= 0.6 is 0 Å². The molecule has 7 heteroatoms. The fraction of sp³-hybridized carbons (Fsp3) is 0.261. The lowest BCUT2D eigenvalue weighted by atomic mass is 10.0. The first-order valence-corrected chi connectivity index (χ1v) is 9.56. The van der Waals surface area contributed by atoms with Gasteiger partial charge in [0.15, 0.2) is 0 Å². The Balaban J connectivity index is 1.84. The number of amidine groups is 1. The third-order valence-corrected chi connectivity index (χ3v) is 5.17. The summed E-state index contributed by atoms with van der Waals surface area (Å²) >= 11 is 0. The van der Waals surface area contributed by atoms with Crippen LogP contribution in [0, 0.1) is 12.3 Å². The summed E-state index contributed by atoms with van der Waals surface area (Å²) in [5.74, 6) is 0.183. The molecule has 1 heterocycles. The molecule has 1 aliphatic heterocycles. The predicted molar refractivity (Wildman–Crippen MR) is 115 cm³/mol. The predicted octanol–water partition coefficient (Wildman–Crippen LogP) is 2.79. The second-order valence-electron chi connectivity index (χ2n) is 7.08. The quantitative estimate of drug-likeness (QED) is 0.417. The Morgan fingerprint density at radius 1 is 1.17 bits per heavy atom. The monoisotopic (exact) mass is 407 g/mol. The minimum atomic E-state index is -0.253. The molecular weight excluding hydrogens is 382 g/mol. The van der Waals surface area contributed by atoms with Gasteiger partial charge in [0, 0.05) is 17.7 Å². The Labute approximate surface area is 175 Å². The van der Waals surface area contributed by atoms with Crippen molar-refractivity contribution in [2.24, 2.45) is 5.73 Å². The van der Waals surface area contributed by atoms with E-state index in [0.717, 1.165) is 22.4 Å². The SMILES string of the molecule is COC(=O)CCc1ccc(C2=C(OC)CN(c3ccc(C(=N)N)cc3C)C2=O)cc1. The highest BCUT2D eigenvalue weighted by molar-refractivity contribution is 6.29. The van der Waals surface area contributed by atoms with Gasteiger partial charge < -0.3 is 20.1 Å². The fourth-order valence-corrected chi connectivity index (χ4v) is 3.51. The van der Waals surface area contributed by atoms with E-state index >= 15 is 0 Å². The van der Waals surface area contributed by atoms with Gasteiger partial charge in [-0.2, -0.15) is 0 Å². The van der Waals surface area contributed by atoms with Crippen LogP contribution in [0.5, 0.6) is 0 Å². The van der Waals surface area contributed by atoms with Gasteiger partial charge in [-0.15, -0.1) is 0 Å². The van der Waals surface area contributed by atoms with Gasteiger partial charge in [0.2, 0.25) is 0 Å². The molecule has 7 nitrogen and oxygen atoms in total. The first-order valence-electron chi connectivity index (χ1n) is 9.56. The van der Waals surface area contributed by atoms with Crippen LogP contribution in [0.15, 0.2) is 48.2 Å². The number of aryl methyl sites for hydroxylation is 2. The number of esters is 1. The van der Waals surface area contributed by atoms with Crippen molar-refractivity contribution in [1.82, 2.24) is 0 Å². The molecule has 30 heavy (non-hydrogen) atoms. The zero-order valence-electron chi connectivity index (χ0n) is 17.3. The number of anilines is 1. The average Bonchev–Trinajstić information content (AvgIpc) is 3.08. The summed E-state index contributed by atoms with van der Waals surface area (Å²) in [5.41, 5.74) is 10.1. The molecule has 2 aromatic carbocycles. The lowest BCUT2D eigenvalue weighted by molar-refractivity contribution is -0.140. The molecule has 1 aliphatic rings. The fourth-order valence-electron chi connectivity index (χ4n) is 3.51. The molecule has 0 radical (unpaired) electrons. The number of hydrogen-bond acceptors (Lipinski definition) is 5. The Morgan fingerprint density at radius 2 is 1.87 bits per heavy atom. The summed E-state index contributed by atoms with van der Waals surface area (Å²) in [7, 11) is 2.93. The van der Waals surface area contributed by atoms with E-state index in [0.29, 0.717) is 36.3 Å². The number of ether oxygens (including phenoxy) is 2. The van der Waals surface area contributed by atoms with Crippen molar-refractivity contribution >= 4 is 29.0 Å². The van der Waals surface area contributed by atoms with Crippen molar-refractivity contribution in [3.8, 4) is 0 Å². The highest BCUT2D eigenvalue weighted by Gasteiger charge is 2.34. The van der Waals surface area contributed by atoms with Gasteiger partial charge >= 0.3 is 5.97 Å². The maximum atomic E-state index is 13.2. The molecule has 0 saturated carbocycles. The topological polar surface area (TPSA) is 106 Å². The van der Waals surface area contributed by atoms with Crippen LogP contribution in [0.4, 0.5) is 5.69 Å². The van der Waals surface area contributed by atoms with E-state index in [1.54, 1.807) is 30.2 Å². The number of methoxy groups -OCH3 is 2. The Hall–Kier alpha value is -3.61. The largest absolute Gasteiger partial charge is 0.498 e. The van der Waals surface area contributed by atoms with Crippen LogP contribution < -0.4 is 10.6 Å². The molecule has 156 valence electrons. The molecule has 0 aromatic heterocycles. The average molecular weight is 407 g/mol. The number of rotatable bonds is 7. The molecule has 0 unspecified atom stereocenters. The van der Waals surface area contributed by atoms with Crippen LogP contribution in [0.3, 0.4) is 0 Å². The molecule has 2 aromatic rings. The lowest BCUT2D eigenvalue weighted by Crippen LogP contribution is -2.27. The molecule has 0 atom stereocenters. The minimum Gasteiger partial charge on any atom is -0.498 e. The van der Waals surface area contributed by atoms with Gasteiger partial charge in [-0.1, -0.05) is 24.3 Å². The number of nitrogens with zero attached hydrogens (tertiary/aromatic N) is 1. The smallest absolute Gasteiger partial charge is 0.305 e. The summed E-state index contributed by atoms with van der Waals surface area (Å²) < 4.78 is 10.2. The second-order valence-corrected chi connectivity index (χ2v) is 7.08. The highest BCUT2D eigenvalue weighted by Crippen LogP contribution is 2.34. The van der Waals surface area contributed by atoms with Crippen LogP contribution in [-0.2, 0) is 25.5 Å². The number of nitrogen functional groups attached to an aromatic ring is 1. The van der Waals surface area contributed by atoms with Crippen molar-refractivity contribution in [3.05, 3.63) is 70.5 Å². The van der Waals surface area contributed by atoms with Crippen LogP contribution in [0.1, 0.15) is 28.7 Å². The first kappa shape index (κ1) is 21.1. The van der Waals surface area contributed by atoms with Crippen molar-refractivity contribution in [2.45, 2.75) is 19.8 Å². The summed E-state index contributed by atoms with van der Waals surface area (Å²) in [6.07, 6.45) is 0.884. The standard InChI is InChI=1S/C23H25N3O4/c1-14-12-17(22(24)25)9-10-18(14)26-13-19(29-2)21(23(26)28)16-7-4-15(5-8-16)6-11-20(27)30-3/h4-5,7-10,12H,6,11,13H2,1-3H3,(H3,24,25). The maximum Gasteiger partial charge on any atom is 0.305 e. The molecule has 0 bridgehead atoms. The lowest BCUT2D eigenvalue weighted by Gasteiger charge is -2.20. The van der Waals surface area contributed by atoms with E-state index in [1.165, 1.54) is 7.11 Å². The van der Waals surface area contributed by atoms with Gasteiger partial charge in [0.1, 0.15) is 11.6 Å². The summed E-state index contributed by atoms with van der Waals surface area (Å²) in [6.45, 7) is 2.21. The number of nitrogens with two attached hydrogens (primary N) is 1. The summed E-state index contributed by atoms with van der Waals surface area (Å²) in [4.78, 5) is 26.2. The van der Waals surface area contributed by atoms with E-state index in [4.69, 9.17) is 15.9 Å².